The van der Waals surface area contributed by atoms with Crippen LogP contribution in [-0.2, 0) is 11.2 Å². The number of hydrogen-bond acceptors (Lipinski definition) is 5. The van der Waals surface area contributed by atoms with Crippen molar-refractivity contribution in [3.8, 4) is 0 Å². The van der Waals surface area contributed by atoms with Crippen molar-refractivity contribution in [3.63, 3.8) is 0 Å². The van der Waals surface area contributed by atoms with E-state index in [1.54, 1.807) is 24.2 Å². The lowest BCUT2D eigenvalue weighted by molar-refractivity contribution is -0.120. The smallest absolute Gasteiger partial charge is 0.229 e. The van der Waals surface area contributed by atoms with Crippen LogP contribution in [0.4, 0.5) is 11.5 Å². The third kappa shape index (κ3) is 5.25. The molecule has 1 saturated heterocycles. The van der Waals surface area contributed by atoms with Gasteiger partial charge in [0, 0.05) is 36.1 Å². The second-order valence-corrected chi connectivity index (χ2v) is 8.95. The van der Waals surface area contributed by atoms with Crippen molar-refractivity contribution in [1.82, 2.24) is 9.97 Å². The molecule has 4 rings (SSSR count). The number of amides is 1. The van der Waals surface area contributed by atoms with Gasteiger partial charge in [0.05, 0.1) is 5.92 Å². The van der Waals surface area contributed by atoms with E-state index in [9.17, 15) is 4.79 Å². The lowest BCUT2D eigenvalue weighted by atomic mass is 9.96. The van der Waals surface area contributed by atoms with Crippen molar-refractivity contribution < 1.29 is 4.79 Å². The Bertz CT molecular complexity index is 1040. The molecule has 1 amide bonds. The van der Waals surface area contributed by atoms with Gasteiger partial charge in [-0.3, -0.25) is 4.79 Å². The van der Waals surface area contributed by atoms with E-state index in [4.69, 9.17) is 0 Å². The molecule has 1 aromatic heterocycles. The van der Waals surface area contributed by atoms with Crippen molar-refractivity contribution in [2.75, 3.05) is 23.3 Å². The van der Waals surface area contributed by atoms with Gasteiger partial charge in [-0.1, -0.05) is 54.6 Å². The number of nitrogens with zero attached hydrogens (tertiary/aromatic N) is 3. The number of rotatable bonds is 6. The van der Waals surface area contributed by atoms with Gasteiger partial charge in [0.25, 0.3) is 0 Å². The van der Waals surface area contributed by atoms with Crippen LogP contribution in [0, 0.1) is 12.8 Å². The molecule has 1 atom stereocenters. The second-order valence-electron chi connectivity index (χ2n) is 7.89. The zero-order valence-corrected chi connectivity index (χ0v) is 18.9. The number of aryl methyl sites for hydroxylation is 2. The summed E-state index contributed by atoms with van der Waals surface area (Å²) >= 11 is 1.62. The first-order chi connectivity index (χ1) is 15.1. The zero-order chi connectivity index (χ0) is 21.6. The van der Waals surface area contributed by atoms with Gasteiger partial charge in [0.15, 0.2) is 5.82 Å². The Balaban J connectivity index is 1.48. The molecule has 1 N–H and O–H groups in total. The highest BCUT2D eigenvalue weighted by molar-refractivity contribution is 7.99. The average Bonchev–Trinajstić information content (AvgIpc) is 2.81. The van der Waals surface area contributed by atoms with Crippen molar-refractivity contribution in [2.45, 2.75) is 43.0 Å². The van der Waals surface area contributed by atoms with E-state index < -0.39 is 0 Å². The van der Waals surface area contributed by atoms with Gasteiger partial charge in [-0.2, -0.15) is 0 Å². The monoisotopic (exact) mass is 432 g/mol. The normalized spacial score (nSPS) is 16.2. The van der Waals surface area contributed by atoms with Crippen molar-refractivity contribution in [3.05, 3.63) is 72.1 Å². The van der Waals surface area contributed by atoms with E-state index in [-0.39, 0.29) is 11.8 Å². The minimum absolute atomic E-state index is 0.0714. The molecular weight excluding hydrogens is 404 g/mol. The highest BCUT2D eigenvalue weighted by Crippen LogP contribution is 2.34. The summed E-state index contributed by atoms with van der Waals surface area (Å²) in [5.41, 5.74) is 3.31. The SMILES string of the molecule is CCc1ccccc1NC(=O)[C@H]1CCCN(c2nccnc2Sc2ccc(C)cc2)C1. The average molecular weight is 433 g/mol. The molecule has 160 valence electrons. The number of aromatic nitrogens is 2. The molecule has 6 heteroatoms. The minimum atomic E-state index is -0.0714. The molecule has 0 unspecified atom stereocenters. The highest BCUT2D eigenvalue weighted by atomic mass is 32.2. The van der Waals surface area contributed by atoms with E-state index in [0.29, 0.717) is 6.54 Å². The van der Waals surface area contributed by atoms with Crippen LogP contribution in [0.1, 0.15) is 30.9 Å². The van der Waals surface area contributed by atoms with Crippen molar-refractivity contribution in [2.24, 2.45) is 5.92 Å². The summed E-state index contributed by atoms with van der Waals surface area (Å²) in [6.45, 7) is 5.73. The molecule has 2 heterocycles. The number of anilines is 2. The summed E-state index contributed by atoms with van der Waals surface area (Å²) in [5, 5.41) is 4.03. The lowest BCUT2D eigenvalue weighted by Gasteiger charge is -2.33. The quantitative estimate of drug-likeness (QED) is 0.569. The van der Waals surface area contributed by atoms with Crippen LogP contribution in [0.25, 0.3) is 0 Å². The van der Waals surface area contributed by atoms with Crippen molar-refractivity contribution in [1.29, 1.82) is 0 Å². The molecule has 1 aliphatic rings. The van der Waals surface area contributed by atoms with E-state index in [2.05, 4.69) is 64.4 Å². The Labute approximate surface area is 188 Å². The summed E-state index contributed by atoms with van der Waals surface area (Å²) in [6.07, 6.45) is 6.20. The molecule has 5 nitrogen and oxygen atoms in total. The van der Waals surface area contributed by atoms with Gasteiger partial charge < -0.3 is 10.2 Å². The van der Waals surface area contributed by atoms with Gasteiger partial charge in [0.2, 0.25) is 5.91 Å². The Morgan fingerprint density at radius 2 is 1.90 bits per heavy atom. The fourth-order valence-corrected chi connectivity index (χ4v) is 4.78. The summed E-state index contributed by atoms with van der Waals surface area (Å²) < 4.78 is 0. The summed E-state index contributed by atoms with van der Waals surface area (Å²) in [4.78, 5) is 25.6. The Morgan fingerprint density at radius 3 is 2.71 bits per heavy atom. The molecule has 2 aromatic carbocycles. The maximum atomic E-state index is 13.0. The Kier molecular flexibility index (Phi) is 6.87. The molecule has 31 heavy (non-hydrogen) atoms. The predicted molar refractivity (Wildman–Crippen MR) is 127 cm³/mol. The molecule has 0 saturated carbocycles. The van der Waals surface area contributed by atoms with Crippen LogP contribution in [0.3, 0.4) is 0 Å². The van der Waals surface area contributed by atoms with Gasteiger partial charge >= 0.3 is 0 Å². The first-order valence-electron chi connectivity index (χ1n) is 10.8. The highest BCUT2D eigenvalue weighted by Gasteiger charge is 2.28. The Hall–Kier alpha value is -2.86. The number of para-hydroxylation sites is 1. The first kappa shape index (κ1) is 21.4. The van der Waals surface area contributed by atoms with E-state index in [1.807, 2.05) is 18.2 Å². The van der Waals surface area contributed by atoms with Crippen LogP contribution in [-0.4, -0.2) is 29.0 Å². The molecule has 0 radical (unpaired) electrons. The van der Waals surface area contributed by atoms with Gasteiger partial charge in [0.1, 0.15) is 5.03 Å². The molecule has 0 aliphatic carbocycles. The number of piperidine rings is 1. The third-order valence-corrected chi connectivity index (χ3v) is 6.62. The zero-order valence-electron chi connectivity index (χ0n) is 18.0. The van der Waals surface area contributed by atoms with E-state index in [0.717, 1.165) is 52.8 Å². The summed E-state index contributed by atoms with van der Waals surface area (Å²) in [5.74, 6) is 0.875. The number of carbonyl (C=O) groups is 1. The number of carbonyl (C=O) groups excluding carboxylic acids is 1. The van der Waals surface area contributed by atoms with Gasteiger partial charge in [-0.15, -0.1) is 0 Å². The second kappa shape index (κ2) is 9.96. The van der Waals surface area contributed by atoms with Crippen molar-refractivity contribution >= 4 is 29.2 Å². The number of nitrogens with one attached hydrogen (secondary N) is 1. The minimum Gasteiger partial charge on any atom is -0.354 e. The Morgan fingerprint density at radius 1 is 1.13 bits per heavy atom. The van der Waals surface area contributed by atoms with Crippen LogP contribution in [0.5, 0.6) is 0 Å². The standard InChI is InChI=1S/C25H28N4OS/c1-3-19-7-4-5-9-22(19)28-24(30)20-8-6-16-29(17-20)23-25(27-15-14-26-23)31-21-12-10-18(2)11-13-21/h4-5,7,9-15,20H,3,6,8,16-17H2,1-2H3,(H,28,30)/t20-/m0/s1. The first-order valence-corrected chi connectivity index (χ1v) is 11.6. The third-order valence-electron chi connectivity index (χ3n) is 5.63. The summed E-state index contributed by atoms with van der Waals surface area (Å²) in [6, 6.07) is 16.5. The molecule has 1 fully saturated rings. The van der Waals surface area contributed by atoms with Crippen LogP contribution in [0.15, 0.2) is 70.8 Å². The van der Waals surface area contributed by atoms with Gasteiger partial charge in [-0.25, -0.2) is 9.97 Å². The number of benzene rings is 2. The van der Waals surface area contributed by atoms with Gasteiger partial charge in [-0.05, 0) is 49.9 Å². The fourth-order valence-electron chi connectivity index (χ4n) is 3.89. The molecule has 0 spiro atoms. The van der Waals surface area contributed by atoms with E-state index >= 15 is 0 Å². The van der Waals surface area contributed by atoms with E-state index in [1.165, 1.54) is 5.56 Å². The fraction of sp³-hybridized carbons (Fsp3) is 0.320. The maximum Gasteiger partial charge on any atom is 0.229 e. The molecule has 1 aliphatic heterocycles. The lowest BCUT2D eigenvalue weighted by Crippen LogP contribution is -2.41. The molecule has 3 aromatic rings. The predicted octanol–water partition coefficient (Wildman–Crippen LogP) is 5.35. The number of hydrogen-bond donors (Lipinski definition) is 1. The van der Waals surface area contributed by atoms with Crippen LogP contribution in [0.2, 0.25) is 0 Å². The largest absolute Gasteiger partial charge is 0.354 e. The molecular formula is C25H28N4OS. The summed E-state index contributed by atoms with van der Waals surface area (Å²) in [7, 11) is 0. The van der Waals surface area contributed by atoms with Crippen LogP contribution >= 0.6 is 11.8 Å². The van der Waals surface area contributed by atoms with Crippen LogP contribution < -0.4 is 10.2 Å². The maximum absolute atomic E-state index is 13.0. The molecule has 0 bridgehead atoms. The topological polar surface area (TPSA) is 58.1 Å².